The van der Waals surface area contributed by atoms with Gasteiger partial charge in [-0.3, -0.25) is 14.4 Å². The summed E-state index contributed by atoms with van der Waals surface area (Å²) in [5.74, 6) is -0.883. The summed E-state index contributed by atoms with van der Waals surface area (Å²) in [5, 5.41) is 0. The molecule has 0 spiro atoms. The van der Waals surface area contributed by atoms with Gasteiger partial charge in [-0.05, 0) is 103 Å². The molecule has 0 N–H and O–H groups in total. The number of esters is 3. The molecule has 448 valence electrons. The molecule has 0 aliphatic carbocycles. The summed E-state index contributed by atoms with van der Waals surface area (Å²) >= 11 is 0. The van der Waals surface area contributed by atoms with Gasteiger partial charge in [0, 0.05) is 19.3 Å². The van der Waals surface area contributed by atoms with Crippen molar-refractivity contribution in [2.24, 2.45) is 0 Å². The molecule has 0 bridgehead atoms. The third kappa shape index (κ3) is 63.2. The van der Waals surface area contributed by atoms with E-state index in [2.05, 4.69) is 118 Å². The topological polar surface area (TPSA) is 78.9 Å². The van der Waals surface area contributed by atoms with E-state index in [1.807, 2.05) is 0 Å². The molecule has 0 aliphatic rings. The standard InChI is InChI=1S/C72H124O6/c1-4-7-10-13-16-19-22-25-28-30-32-33-34-35-36-37-38-39-41-42-44-47-50-53-56-59-62-65-71(74)77-68-69(67-76-70(73)64-61-58-55-52-49-46-27-24-21-18-15-12-9-6-3)78-72(75)66-63-60-57-54-51-48-45-43-40-31-29-26-23-20-17-14-11-8-5-2/h7,10,16-17,19-20,25-26,28-29,32-33,35-36,40,43,69H,4-6,8-9,11-15,18,21-24,27,30-31,34,37-39,41-42,44-68H2,1-3H3/b10-7-,19-16-,20-17-,28-25-,29-26-,33-32-,36-35-,43-40-. The molecule has 0 heterocycles. The highest BCUT2D eigenvalue weighted by molar-refractivity contribution is 5.71. The Morgan fingerprint density at radius 1 is 0.269 bits per heavy atom. The van der Waals surface area contributed by atoms with Gasteiger partial charge in [-0.1, -0.05) is 298 Å². The first-order valence-electron chi connectivity index (χ1n) is 33.2. The molecule has 0 aromatic carbocycles. The molecule has 1 atom stereocenters. The zero-order chi connectivity index (χ0) is 56.4. The minimum Gasteiger partial charge on any atom is -0.462 e. The van der Waals surface area contributed by atoms with Crippen molar-refractivity contribution in [1.82, 2.24) is 0 Å². The Hall–Kier alpha value is -3.67. The number of allylic oxidation sites excluding steroid dienone is 16. The first kappa shape index (κ1) is 74.3. The van der Waals surface area contributed by atoms with Crippen molar-refractivity contribution in [1.29, 1.82) is 0 Å². The van der Waals surface area contributed by atoms with Gasteiger partial charge in [-0.25, -0.2) is 0 Å². The molecule has 6 nitrogen and oxygen atoms in total. The summed E-state index contributed by atoms with van der Waals surface area (Å²) in [4.78, 5) is 38.4. The molecular weight excluding hydrogens is 961 g/mol. The van der Waals surface area contributed by atoms with Gasteiger partial charge in [0.25, 0.3) is 0 Å². The molecule has 0 aromatic rings. The third-order valence-electron chi connectivity index (χ3n) is 14.3. The van der Waals surface area contributed by atoms with Crippen LogP contribution in [0.2, 0.25) is 0 Å². The van der Waals surface area contributed by atoms with Crippen LogP contribution in [0.15, 0.2) is 97.2 Å². The highest BCUT2D eigenvalue weighted by atomic mass is 16.6. The second-order valence-corrected chi connectivity index (χ2v) is 22.0. The lowest BCUT2D eigenvalue weighted by Gasteiger charge is -2.18. The van der Waals surface area contributed by atoms with E-state index in [0.717, 1.165) is 116 Å². The predicted octanol–water partition coefficient (Wildman–Crippen LogP) is 22.8. The molecule has 0 saturated heterocycles. The van der Waals surface area contributed by atoms with Crippen molar-refractivity contribution in [2.75, 3.05) is 13.2 Å². The maximum atomic E-state index is 12.9. The van der Waals surface area contributed by atoms with Crippen molar-refractivity contribution in [3.63, 3.8) is 0 Å². The molecule has 0 fully saturated rings. The first-order chi connectivity index (χ1) is 38.5. The Bertz CT molecular complexity index is 1530. The van der Waals surface area contributed by atoms with Crippen LogP contribution in [0.1, 0.15) is 323 Å². The fourth-order valence-corrected chi connectivity index (χ4v) is 9.36. The van der Waals surface area contributed by atoms with Crippen molar-refractivity contribution in [3.8, 4) is 0 Å². The van der Waals surface area contributed by atoms with E-state index in [9.17, 15) is 14.4 Å². The lowest BCUT2D eigenvalue weighted by Crippen LogP contribution is -2.30. The average Bonchev–Trinajstić information content (AvgIpc) is 3.44. The quantitative estimate of drug-likeness (QED) is 0.0261. The molecule has 0 saturated carbocycles. The number of carbonyl (C=O) groups is 3. The summed E-state index contributed by atoms with van der Waals surface area (Å²) in [5.41, 5.74) is 0. The van der Waals surface area contributed by atoms with E-state index >= 15 is 0 Å². The van der Waals surface area contributed by atoms with Gasteiger partial charge in [-0.2, -0.15) is 0 Å². The minimum absolute atomic E-state index is 0.0805. The molecule has 0 radical (unpaired) electrons. The number of ether oxygens (including phenoxy) is 3. The van der Waals surface area contributed by atoms with E-state index in [1.165, 1.54) is 167 Å². The van der Waals surface area contributed by atoms with E-state index in [1.54, 1.807) is 0 Å². The van der Waals surface area contributed by atoms with Crippen molar-refractivity contribution in [3.05, 3.63) is 97.2 Å². The summed E-state index contributed by atoms with van der Waals surface area (Å²) in [6.45, 7) is 6.52. The van der Waals surface area contributed by atoms with Crippen LogP contribution in [-0.2, 0) is 28.6 Å². The SMILES string of the molecule is CC/C=C\C/C=C\C/C=C\C/C=C\C/C=C\CCCCCCCCCCCCCC(=O)OCC(COC(=O)CCCCCCCCCCCCCCCC)OC(=O)CCCCCCCC/C=C\C/C=C\C/C=C\CCCCC. The Morgan fingerprint density at radius 2 is 0.500 bits per heavy atom. The van der Waals surface area contributed by atoms with Gasteiger partial charge < -0.3 is 14.2 Å². The highest BCUT2D eigenvalue weighted by Crippen LogP contribution is 2.17. The van der Waals surface area contributed by atoms with Crippen molar-refractivity contribution < 1.29 is 28.6 Å². The van der Waals surface area contributed by atoms with Crippen LogP contribution in [0.4, 0.5) is 0 Å². The zero-order valence-corrected chi connectivity index (χ0v) is 51.4. The maximum Gasteiger partial charge on any atom is 0.306 e. The highest BCUT2D eigenvalue weighted by Gasteiger charge is 2.19. The van der Waals surface area contributed by atoms with E-state index < -0.39 is 6.10 Å². The largest absolute Gasteiger partial charge is 0.462 e. The van der Waals surface area contributed by atoms with Gasteiger partial charge in [-0.15, -0.1) is 0 Å². The van der Waals surface area contributed by atoms with Crippen molar-refractivity contribution in [2.45, 2.75) is 329 Å². The number of rotatable bonds is 60. The van der Waals surface area contributed by atoms with Crippen LogP contribution in [-0.4, -0.2) is 37.2 Å². The van der Waals surface area contributed by atoms with Crippen LogP contribution in [0.3, 0.4) is 0 Å². The Labute approximate surface area is 483 Å². The number of hydrogen-bond acceptors (Lipinski definition) is 6. The summed E-state index contributed by atoms with van der Waals surface area (Å²) < 4.78 is 16.9. The average molecular weight is 1090 g/mol. The maximum absolute atomic E-state index is 12.9. The van der Waals surface area contributed by atoms with E-state index in [0.29, 0.717) is 19.3 Å². The van der Waals surface area contributed by atoms with Gasteiger partial charge >= 0.3 is 17.9 Å². The lowest BCUT2D eigenvalue weighted by atomic mass is 10.0. The molecule has 0 aromatic heterocycles. The van der Waals surface area contributed by atoms with Crippen LogP contribution < -0.4 is 0 Å². The Morgan fingerprint density at radius 3 is 0.808 bits per heavy atom. The summed E-state index contributed by atoms with van der Waals surface area (Å²) in [6.07, 6.45) is 88.4. The lowest BCUT2D eigenvalue weighted by molar-refractivity contribution is -0.167. The van der Waals surface area contributed by atoms with Gasteiger partial charge in [0.1, 0.15) is 13.2 Å². The minimum atomic E-state index is -0.786. The third-order valence-corrected chi connectivity index (χ3v) is 14.3. The molecular formula is C72H124O6. The van der Waals surface area contributed by atoms with E-state index in [4.69, 9.17) is 14.2 Å². The smallest absolute Gasteiger partial charge is 0.306 e. The fourth-order valence-electron chi connectivity index (χ4n) is 9.36. The molecule has 0 amide bonds. The second kappa shape index (κ2) is 65.8. The van der Waals surface area contributed by atoms with Gasteiger partial charge in [0.15, 0.2) is 6.10 Å². The summed E-state index contributed by atoms with van der Waals surface area (Å²) in [6, 6.07) is 0. The van der Waals surface area contributed by atoms with Gasteiger partial charge in [0.2, 0.25) is 0 Å². The van der Waals surface area contributed by atoms with Crippen LogP contribution in [0.5, 0.6) is 0 Å². The summed E-state index contributed by atoms with van der Waals surface area (Å²) in [7, 11) is 0. The first-order valence-corrected chi connectivity index (χ1v) is 33.2. The van der Waals surface area contributed by atoms with Crippen LogP contribution >= 0.6 is 0 Å². The monoisotopic (exact) mass is 1080 g/mol. The van der Waals surface area contributed by atoms with Crippen molar-refractivity contribution >= 4 is 17.9 Å². The van der Waals surface area contributed by atoms with Gasteiger partial charge in [0.05, 0.1) is 0 Å². The van der Waals surface area contributed by atoms with Crippen LogP contribution in [0, 0.1) is 0 Å². The Balaban J connectivity index is 4.33. The predicted molar refractivity (Wildman–Crippen MR) is 339 cm³/mol. The molecule has 78 heavy (non-hydrogen) atoms. The van der Waals surface area contributed by atoms with Crippen LogP contribution in [0.25, 0.3) is 0 Å². The molecule has 0 aliphatic heterocycles. The van der Waals surface area contributed by atoms with E-state index in [-0.39, 0.29) is 31.1 Å². The second-order valence-electron chi connectivity index (χ2n) is 22.0. The molecule has 0 rings (SSSR count). The molecule has 1 unspecified atom stereocenters. The Kier molecular flexibility index (Phi) is 62.7. The fraction of sp³-hybridized carbons (Fsp3) is 0.736. The zero-order valence-electron chi connectivity index (χ0n) is 51.4. The number of carbonyl (C=O) groups excluding carboxylic acids is 3. The number of hydrogen-bond donors (Lipinski definition) is 0. The number of unbranched alkanes of at least 4 members (excludes halogenated alkanes) is 33. The normalized spacial score (nSPS) is 12.7. The molecule has 6 heteroatoms.